The van der Waals surface area contributed by atoms with Gasteiger partial charge in [0.05, 0.1) is 15.8 Å². The highest BCUT2D eigenvalue weighted by molar-refractivity contribution is 7.17. The molecule has 3 rings (SSSR count). The number of pyridine rings is 1. The smallest absolute Gasteiger partial charge is 0.153 e. The third kappa shape index (κ3) is 2.36. The van der Waals surface area contributed by atoms with Crippen LogP contribution in [0.2, 0.25) is 0 Å². The molecule has 0 bridgehead atoms. The lowest BCUT2D eigenvalue weighted by Gasteiger charge is -1.99. The number of aryl methyl sites for hydroxylation is 1. The summed E-state index contributed by atoms with van der Waals surface area (Å²) in [5.74, 6) is 0. The van der Waals surface area contributed by atoms with E-state index < -0.39 is 0 Å². The fourth-order valence-electron chi connectivity index (χ4n) is 2.16. The fraction of sp³-hybridized carbons (Fsp3) is 0.267. The number of carbonyl (C=O) groups excluding carboxylic acids is 1. The molecule has 0 unspecified atom stereocenters. The van der Waals surface area contributed by atoms with Gasteiger partial charge in [-0.15, -0.1) is 11.3 Å². The van der Waals surface area contributed by atoms with E-state index in [1.807, 2.05) is 28.4 Å². The van der Waals surface area contributed by atoms with Gasteiger partial charge >= 0.3 is 0 Å². The molecule has 0 N–H and O–H groups in total. The molecule has 0 fully saturated rings. The first kappa shape index (κ1) is 13.0. The minimum atomic E-state index is 0.624. The van der Waals surface area contributed by atoms with Gasteiger partial charge in [-0.05, 0) is 23.9 Å². The van der Waals surface area contributed by atoms with Gasteiger partial charge in [0, 0.05) is 24.5 Å². The van der Waals surface area contributed by atoms with E-state index in [-0.39, 0.29) is 0 Å². The minimum absolute atomic E-state index is 0.624. The molecular formula is C15H15N3OS. The molecule has 0 amide bonds. The van der Waals surface area contributed by atoms with Crippen molar-refractivity contribution in [3.63, 3.8) is 0 Å². The highest BCUT2D eigenvalue weighted by Gasteiger charge is 2.12. The van der Waals surface area contributed by atoms with Crippen LogP contribution in [0.15, 0.2) is 29.9 Å². The summed E-state index contributed by atoms with van der Waals surface area (Å²) in [5.41, 5.74) is 3.23. The second kappa shape index (κ2) is 5.54. The quantitative estimate of drug-likeness (QED) is 0.670. The van der Waals surface area contributed by atoms with Crippen molar-refractivity contribution in [3.8, 4) is 11.3 Å². The molecule has 3 heterocycles. The molecule has 0 atom stereocenters. The lowest BCUT2D eigenvalue weighted by molar-refractivity contribution is 0.112. The van der Waals surface area contributed by atoms with Crippen LogP contribution in [-0.4, -0.2) is 21.1 Å². The third-order valence-corrected chi connectivity index (χ3v) is 4.09. The van der Waals surface area contributed by atoms with Gasteiger partial charge in [0.15, 0.2) is 6.29 Å². The summed E-state index contributed by atoms with van der Waals surface area (Å²) < 4.78 is 2.96. The molecule has 3 aromatic heterocycles. The van der Waals surface area contributed by atoms with Crippen LogP contribution < -0.4 is 0 Å². The summed E-state index contributed by atoms with van der Waals surface area (Å²) in [6, 6.07) is 4.04. The number of rotatable bonds is 5. The molecule has 20 heavy (non-hydrogen) atoms. The zero-order valence-corrected chi connectivity index (χ0v) is 12.1. The molecule has 0 aliphatic rings. The van der Waals surface area contributed by atoms with E-state index in [2.05, 4.69) is 17.0 Å². The predicted octanol–water partition coefficient (Wildman–Crippen LogP) is 3.77. The van der Waals surface area contributed by atoms with E-state index >= 15 is 0 Å². The average molecular weight is 285 g/mol. The van der Waals surface area contributed by atoms with Crippen molar-refractivity contribution >= 4 is 27.8 Å². The fourth-order valence-corrected chi connectivity index (χ4v) is 2.94. The number of hydrogen-bond acceptors (Lipinski definition) is 4. The van der Waals surface area contributed by atoms with Crippen molar-refractivity contribution in [2.75, 3.05) is 0 Å². The van der Waals surface area contributed by atoms with Gasteiger partial charge in [-0.1, -0.05) is 13.3 Å². The molecule has 0 saturated heterocycles. The molecule has 4 nitrogen and oxygen atoms in total. The third-order valence-electron chi connectivity index (χ3n) is 3.23. The van der Waals surface area contributed by atoms with Crippen LogP contribution >= 0.6 is 11.3 Å². The molecule has 0 aliphatic heterocycles. The lowest BCUT2D eigenvalue weighted by atomic mass is 10.1. The first-order valence-corrected chi connectivity index (χ1v) is 7.56. The zero-order chi connectivity index (χ0) is 13.9. The molecule has 5 heteroatoms. The van der Waals surface area contributed by atoms with Gasteiger partial charge in [0.1, 0.15) is 5.69 Å². The molecule has 0 saturated carbocycles. The Labute approximate surface area is 121 Å². The van der Waals surface area contributed by atoms with Crippen LogP contribution in [0.5, 0.6) is 0 Å². The SMILES string of the molecule is CCCCn1cc(C=O)c(-c2cnc3ccsc3c2)n1. The maximum Gasteiger partial charge on any atom is 0.153 e. The number of nitrogens with zero attached hydrogens (tertiary/aromatic N) is 3. The van der Waals surface area contributed by atoms with Crippen molar-refractivity contribution in [3.05, 3.63) is 35.5 Å². The normalized spacial score (nSPS) is 11.1. The molecule has 0 aromatic carbocycles. The minimum Gasteiger partial charge on any atom is -0.298 e. The van der Waals surface area contributed by atoms with E-state index in [1.165, 1.54) is 0 Å². The van der Waals surface area contributed by atoms with Gasteiger partial charge < -0.3 is 0 Å². The zero-order valence-electron chi connectivity index (χ0n) is 11.2. The Bertz CT molecular complexity index is 744. The Morgan fingerprint density at radius 3 is 3.15 bits per heavy atom. The predicted molar refractivity (Wildman–Crippen MR) is 81.1 cm³/mol. The average Bonchev–Trinajstić information content (AvgIpc) is 3.10. The maximum absolute atomic E-state index is 11.2. The summed E-state index contributed by atoms with van der Waals surface area (Å²) in [6.45, 7) is 2.98. The molecular weight excluding hydrogens is 270 g/mol. The second-order valence-corrected chi connectivity index (χ2v) is 5.64. The first-order valence-electron chi connectivity index (χ1n) is 6.68. The highest BCUT2D eigenvalue weighted by atomic mass is 32.1. The van der Waals surface area contributed by atoms with Gasteiger partial charge in [-0.2, -0.15) is 5.10 Å². The van der Waals surface area contributed by atoms with E-state index in [0.717, 1.165) is 47.1 Å². The number of fused-ring (bicyclic) bond motifs is 1. The summed E-state index contributed by atoms with van der Waals surface area (Å²) >= 11 is 1.64. The van der Waals surface area contributed by atoms with Crippen LogP contribution in [0.25, 0.3) is 21.5 Å². The number of carbonyl (C=O) groups is 1. The Morgan fingerprint density at radius 2 is 2.35 bits per heavy atom. The van der Waals surface area contributed by atoms with Crippen molar-refractivity contribution in [2.45, 2.75) is 26.3 Å². The Morgan fingerprint density at radius 1 is 1.45 bits per heavy atom. The van der Waals surface area contributed by atoms with Crippen LogP contribution in [0.3, 0.4) is 0 Å². The monoisotopic (exact) mass is 285 g/mol. The van der Waals surface area contributed by atoms with Crippen LogP contribution in [0, 0.1) is 0 Å². The summed E-state index contributed by atoms with van der Waals surface area (Å²) in [4.78, 5) is 15.6. The number of hydrogen-bond donors (Lipinski definition) is 0. The standard InChI is InChI=1S/C15H15N3OS/c1-2-3-5-18-9-12(10-19)15(17-18)11-7-14-13(16-8-11)4-6-20-14/h4,6-10H,2-3,5H2,1H3. The van der Waals surface area contributed by atoms with E-state index in [0.29, 0.717) is 5.56 Å². The van der Waals surface area contributed by atoms with Crippen LogP contribution in [0.4, 0.5) is 0 Å². The topological polar surface area (TPSA) is 47.8 Å². The number of thiophene rings is 1. The summed E-state index contributed by atoms with van der Waals surface area (Å²) in [6.07, 6.45) is 6.63. The number of aldehydes is 1. The van der Waals surface area contributed by atoms with E-state index in [9.17, 15) is 4.79 Å². The van der Waals surface area contributed by atoms with E-state index in [4.69, 9.17) is 0 Å². The molecule has 0 aliphatic carbocycles. The molecule has 0 spiro atoms. The van der Waals surface area contributed by atoms with Crippen molar-refractivity contribution in [2.24, 2.45) is 0 Å². The lowest BCUT2D eigenvalue weighted by Crippen LogP contribution is -1.98. The van der Waals surface area contributed by atoms with Crippen molar-refractivity contribution < 1.29 is 4.79 Å². The molecule has 0 radical (unpaired) electrons. The largest absolute Gasteiger partial charge is 0.298 e. The van der Waals surface area contributed by atoms with E-state index in [1.54, 1.807) is 17.5 Å². The van der Waals surface area contributed by atoms with Gasteiger partial charge in [0.25, 0.3) is 0 Å². The van der Waals surface area contributed by atoms with Gasteiger partial charge in [0.2, 0.25) is 0 Å². The Kier molecular flexibility index (Phi) is 3.60. The first-order chi connectivity index (χ1) is 9.81. The summed E-state index contributed by atoms with van der Waals surface area (Å²) in [7, 11) is 0. The molecule has 102 valence electrons. The van der Waals surface area contributed by atoms with Crippen molar-refractivity contribution in [1.82, 2.24) is 14.8 Å². The number of aromatic nitrogens is 3. The summed E-state index contributed by atoms with van der Waals surface area (Å²) in [5, 5.41) is 6.55. The number of unbranched alkanes of at least 4 members (excludes halogenated alkanes) is 1. The van der Waals surface area contributed by atoms with Crippen LogP contribution in [0.1, 0.15) is 30.1 Å². The van der Waals surface area contributed by atoms with Gasteiger partial charge in [-0.3, -0.25) is 14.5 Å². The maximum atomic E-state index is 11.2. The van der Waals surface area contributed by atoms with Crippen molar-refractivity contribution in [1.29, 1.82) is 0 Å². The second-order valence-electron chi connectivity index (χ2n) is 4.70. The Balaban J connectivity index is 2.02. The Hall–Kier alpha value is -2.01. The molecule has 3 aromatic rings. The van der Waals surface area contributed by atoms with Crippen LogP contribution in [-0.2, 0) is 6.54 Å². The highest BCUT2D eigenvalue weighted by Crippen LogP contribution is 2.26. The van der Waals surface area contributed by atoms with Gasteiger partial charge in [-0.25, -0.2) is 0 Å².